The second-order valence-electron chi connectivity index (χ2n) is 6.84. The highest BCUT2D eigenvalue weighted by Gasteiger charge is 2.41. The first-order chi connectivity index (χ1) is 11.7. The molecule has 1 spiro atoms. The molecule has 7 nitrogen and oxygen atoms in total. The number of anilines is 1. The summed E-state index contributed by atoms with van der Waals surface area (Å²) in [6.45, 7) is 5.49. The van der Waals surface area contributed by atoms with Gasteiger partial charge >= 0.3 is 0 Å². The summed E-state index contributed by atoms with van der Waals surface area (Å²) in [7, 11) is 1.96. The largest absolute Gasteiger partial charge is 0.370 e. The molecule has 2 aliphatic heterocycles. The lowest BCUT2D eigenvalue weighted by Crippen LogP contribution is -2.59. The minimum Gasteiger partial charge on any atom is -0.370 e. The molecule has 0 bridgehead atoms. The van der Waals surface area contributed by atoms with Gasteiger partial charge in [-0.05, 0) is 18.9 Å². The SMILES string of the molecule is Cn1cc(CN2CCOC3(CCCN(c4ncccn4)C3)C2)cn1. The van der Waals surface area contributed by atoms with Crippen molar-refractivity contribution < 1.29 is 4.74 Å². The molecule has 0 aliphatic carbocycles. The van der Waals surface area contributed by atoms with Crippen molar-refractivity contribution in [1.29, 1.82) is 0 Å². The lowest BCUT2D eigenvalue weighted by molar-refractivity contribution is -0.116. The van der Waals surface area contributed by atoms with E-state index in [1.807, 2.05) is 24.0 Å². The van der Waals surface area contributed by atoms with Crippen LogP contribution in [0, 0.1) is 0 Å². The average Bonchev–Trinajstić information content (AvgIpc) is 3.01. The first kappa shape index (κ1) is 15.5. The van der Waals surface area contributed by atoms with Gasteiger partial charge in [-0.1, -0.05) is 0 Å². The van der Waals surface area contributed by atoms with Crippen molar-refractivity contribution >= 4 is 5.95 Å². The second kappa shape index (κ2) is 6.49. The van der Waals surface area contributed by atoms with Crippen molar-refractivity contribution in [1.82, 2.24) is 24.6 Å². The molecule has 0 saturated carbocycles. The fourth-order valence-corrected chi connectivity index (χ4v) is 3.84. The van der Waals surface area contributed by atoms with E-state index in [0.717, 1.165) is 58.1 Å². The minimum atomic E-state index is -0.113. The molecule has 4 heterocycles. The van der Waals surface area contributed by atoms with Crippen LogP contribution in [0.4, 0.5) is 5.95 Å². The zero-order valence-electron chi connectivity index (χ0n) is 14.1. The number of ether oxygens (including phenoxy) is 1. The van der Waals surface area contributed by atoms with Crippen molar-refractivity contribution in [3.05, 3.63) is 36.4 Å². The van der Waals surface area contributed by atoms with Gasteiger partial charge in [0.05, 0.1) is 24.9 Å². The van der Waals surface area contributed by atoms with E-state index in [1.165, 1.54) is 5.56 Å². The molecule has 7 heteroatoms. The van der Waals surface area contributed by atoms with Crippen LogP contribution >= 0.6 is 0 Å². The Balaban J connectivity index is 1.45. The maximum absolute atomic E-state index is 6.27. The van der Waals surface area contributed by atoms with Crippen molar-refractivity contribution in [2.24, 2.45) is 7.05 Å². The molecular formula is C17H24N6O. The maximum Gasteiger partial charge on any atom is 0.225 e. The Labute approximate surface area is 142 Å². The molecule has 1 atom stereocenters. The van der Waals surface area contributed by atoms with Crippen LogP contribution in [0.5, 0.6) is 0 Å². The lowest BCUT2D eigenvalue weighted by atomic mass is 9.90. The van der Waals surface area contributed by atoms with Crippen LogP contribution < -0.4 is 4.90 Å². The summed E-state index contributed by atoms with van der Waals surface area (Å²) in [5.74, 6) is 0.810. The lowest BCUT2D eigenvalue weighted by Gasteiger charge is -2.48. The van der Waals surface area contributed by atoms with E-state index in [1.54, 1.807) is 12.4 Å². The normalized spacial score (nSPS) is 25.3. The first-order valence-corrected chi connectivity index (χ1v) is 8.58. The number of rotatable bonds is 3. The van der Waals surface area contributed by atoms with Crippen molar-refractivity contribution in [2.45, 2.75) is 25.0 Å². The molecule has 0 amide bonds. The predicted octanol–water partition coefficient (Wildman–Crippen LogP) is 1.08. The van der Waals surface area contributed by atoms with E-state index in [4.69, 9.17) is 4.74 Å². The molecule has 2 saturated heterocycles. The van der Waals surface area contributed by atoms with E-state index in [2.05, 4.69) is 31.1 Å². The van der Waals surface area contributed by atoms with Crippen LogP contribution in [0.3, 0.4) is 0 Å². The van der Waals surface area contributed by atoms with Crippen LogP contribution in [-0.2, 0) is 18.3 Å². The molecule has 0 aromatic carbocycles. The Morgan fingerprint density at radius 3 is 2.88 bits per heavy atom. The molecular weight excluding hydrogens is 304 g/mol. The van der Waals surface area contributed by atoms with Gasteiger partial charge in [0.25, 0.3) is 0 Å². The number of aryl methyl sites for hydroxylation is 1. The zero-order chi connectivity index (χ0) is 16.4. The Bertz CT molecular complexity index is 671. The molecule has 0 radical (unpaired) electrons. The topological polar surface area (TPSA) is 59.3 Å². The molecule has 0 N–H and O–H groups in total. The summed E-state index contributed by atoms with van der Waals surface area (Å²) in [5.41, 5.74) is 1.14. The molecule has 128 valence electrons. The fourth-order valence-electron chi connectivity index (χ4n) is 3.84. The van der Waals surface area contributed by atoms with E-state index >= 15 is 0 Å². The Morgan fingerprint density at radius 1 is 1.21 bits per heavy atom. The molecule has 24 heavy (non-hydrogen) atoms. The summed E-state index contributed by atoms with van der Waals surface area (Å²) in [5, 5.41) is 4.27. The predicted molar refractivity (Wildman–Crippen MR) is 90.6 cm³/mol. The Hall–Kier alpha value is -1.99. The highest BCUT2D eigenvalue weighted by atomic mass is 16.5. The van der Waals surface area contributed by atoms with Gasteiger partial charge in [-0.2, -0.15) is 5.10 Å². The number of nitrogens with zero attached hydrogens (tertiary/aromatic N) is 6. The Morgan fingerprint density at radius 2 is 2.08 bits per heavy atom. The monoisotopic (exact) mass is 328 g/mol. The molecule has 2 aromatic rings. The van der Waals surface area contributed by atoms with E-state index in [-0.39, 0.29) is 5.60 Å². The van der Waals surface area contributed by atoms with E-state index in [9.17, 15) is 0 Å². The Kier molecular flexibility index (Phi) is 4.20. The van der Waals surface area contributed by atoms with Gasteiger partial charge in [-0.15, -0.1) is 0 Å². The molecule has 4 rings (SSSR count). The van der Waals surface area contributed by atoms with Crippen LogP contribution in [0.25, 0.3) is 0 Å². The number of aromatic nitrogens is 4. The third-order valence-electron chi connectivity index (χ3n) is 4.87. The third-order valence-corrected chi connectivity index (χ3v) is 4.87. The standard InChI is InChI=1S/C17H24N6O/c1-21-11-15(10-20-21)12-22-8-9-24-17(13-22)4-2-7-23(14-17)16-18-5-3-6-19-16/h3,5-6,10-11H,2,4,7-9,12-14H2,1H3. The smallest absolute Gasteiger partial charge is 0.225 e. The number of hydrogen-bond acceptors (Lipinski definition) is 6. The number of hydrogen-bond donors (Lipinski definition) is 0. The summed E-state index contributed by atoms with van der Waals surface area (Å²) < 4.78 is 8.13. The van der Waals surface area contributed by atoms with Crippen LogP contribution in [0.2, 0.25) is 0 Å². The van der Waals surface area contributed by atoms with Gasteiger partial charge in [0.1, 0.15) is 0 Å². The number of morpholine rings is 1. The highest BCUT2D eigenvalue weighted by Crippen LogP contribution is 2.30. The van der Waals surface area contributed by atoms with Crippen LogP contribution in [0.1, 0.15) is 18.4 Å². The summed E-state index contributed by atoms with van der Waals surface area (Å²) in [6.07, 6.45) is 9.86. The van der Waals surface area contributed by atoms with Gasteiger partial charge in [-0.3, -0.25) is 9.58 Å². The van der Waals surface area contributed by atoms with Gasteiger partial charge in [0.2, 0.25) is 5.95 Å². The van der Waals surface area contributed by atoms with Gasteiger partial charge < -0.3 is 9.64 Å². The highest BCUT2D eigenvalue weighted by molar-refractivity contribution is 5.31. The van der Waals surface area contributed by atoms with Crippen LogP contribution in [0.15, 0.2) is 30.9 Å². The average molecular weight is 328 g/mol. The fraction of sp³-hybridized carbons (Fsp3) is 0.588. The zero-order valence-corrected chi connectivity index (χ0v) is 14.1. The molecule has 1 unspecified atom stereocenters. The minimum absolute atomic E-state index is 0.113. The van der Waals surface area contributed by atoms with Crippen LogP contribution in [-0.4, -0.2) is 63.0 Å². The van der Waals surface area contributed by atoms with E-state index in [0.29, 0.717) is 0 Å². The molecule has 2 aromatic heterocycles. The third kappa shape index (κ3) is 3.27. The quantitative estimate of drug-likeness (QED) is 0.840. The van der Waals surface area contributed by atoms with Gasteiger partial charge in [0, 0.05) is 57.4 Å². The maximum atomic E-state index is 6.27. The van der Waals surface area contributed by atoms with Gasteiger partial charge in [-0.25, -0.2) is 9.97 Å². The van der Waals surface area contributed by atoms with Gasteiger partial charge in [0.15, 0.2) is 0 Å². The van der Waals surface area contributed by atoms with Crippen molar-refractivity contribution in [3.63, 3.8) is 0 Å². The van der Waals surface area contributed by atoms with E-state index < -0.39 is 0 Å². The van der Waals surface area contributed by atoms with Crippen molar-refractivity contribution in [3.8, 4) is 0 Å². The number of piperidine rings is 1. The molecule has 2 fully saturated rings. The summed E-state index contributed by atoms with van der Waals surface area (Å²) in [6, 6.07) is 1.86. The van der Waals surface area contributed by atoms with Crippen molar-refractivity contribution in [2.75, 3.05) is 37.7 Å². The summed E-state index contributed by atoms with van der Waals surface area (Å²) >= 11 is 0. The summed E-state index contributed by atoms with van der Waals surface area (Å²) in [4.78, 5) is 13.6. The first-order valence-electron chi connectivity index (χ1n) is 8.58. The molecule has 2 aliphatic rings. The second-order valence-corrected chi connectivity index (χ2v) is 6.84.